The van der Waals surface area contributed by atoms with Gasteiger partial charge in [0.25, 0.3) is 0 Å². The lowest BCUT2D eigenvalue weighted by molar-refractivity contribution is -0.678. The highest BCUT2D eigenvalue weighted by Crippen LogP contribution is 2.23. The lowest BCUT2D eigenvalue weighted by atomic mass is 10.1. The Kier molecular flexibility index (Phi) is 31.3. The molecule has 0 unspecified atom stereocenters. The second-order valence-electron chi connectivity index (χ2n) is 21.3. The molecule has 0 aliphatic rings. The van der Waals surface area contributed by atoms with E-state index in [-0.39, 0.29) is 0 Å². The Morgan fingerprint density at radius 3 is 0.607 bits per heavy atom. The van der Waals surface area contributed by atoms with Crippen LogP contribution in [0.4, 0.5) is 22.7 Å². The van der Waals surface area contributed by atoms with Crippen molar-refractivity contribution >= 4 is 90.2 Å². The van der Waals surface area contributed by atoms with E-state index in [1.54, 1.807) is 0 Å². The van der Waals surface area contributed by atoms with Crippen LogP contribution in [0, 0.1) is 27.7 Å². The van der Waals surface area contributed by atoms with E-state index in [9.17, 15) is 0 Å². The zero-order valence-electron chi connectivity index (χ0n) is 51.1. The predicted molar refractivity (Wildman–Crippen MR) is 330 cm³/mol. The van der Waals surface area contributed by atoms with Gasteiger partial charge in [0.1, 0.15) is 26.2 Å². The Morgan fingerprint density at radius 2 is 0.440 bits per heavy atom. The van der Waals surface area contributed by atoms with Crippen LogP contribution in [0.2, 0.25) is 0 Å². The van der Waals surface area contributed by atoms with Crippen LogP contribution < -0.4 is 61.6 Å². The number of aryl methyl sites for hydroxylation is 8. The molecule has 4 heterocycles. The van der Waals surface area contributed by atoms with E-state index in [0.29, 0.717) is 0 Å². The van der Waals surface area contributed by atoms with Crippen LogP contribution in [-0.2, 0) is 45.4 Å². The SMILES string of the molecule is CC(=O)[O-].CC(=O)[O-].CC(=O)[O-].CC(=O)[O-].Cc1cc(N)c2ccccc2[n+]1CCCCCCCCCC[n+]1c(C)cc(N)c2ccccc21.Cc1cc(N)c2ccccc2[n+]1CCCCCCCCCC[n+]1c(C)cc(N)c2ccccc21. The molecule has 0 atom stereocenters. The number of pyridine rings is 4. The summed E-state index contributed by atoms with van der Waals surface area (Å²) in [5, 5.41) is 40.2. The fraction of sp³-hybridized carbons (Fsp3) is 0.412. The first-order valence-corrected chi connectivity index (χ1v) is 29.5. The summed E-state index contributed by atoms with van der Waals surface area (Å²) in [5.41, 5.74) is 38.4. The summed E-state index contributed by atoms with van der Waals surface area (Å²) in [7, 11) is 0. The van der Waals surface area contributed by atoms with Crippen LogP contribution >= 0.6 is 0 Å². The fourth-order valence-corrected chi connectivity index (χ4v) is 10.5. The molecular formula is C68H92N8O8. The number of carbonyl (C=O) groups is 4. The molecule has 8 N–H and O–H groups in total. The highest BCUT2D eigenvalue weighted by atomic mass is 16.4. The summed E-state index contributed by atoms with van der Waals surface area (Å²) in [6, 6.07) is 42.3. The van der Waals surface area contributed by atoms with Gasteiger partial charge in [-0.3, -0.25) is 0 Å². The molecule has 4 aromatic heterocycles. The molecule has 0 bridgehead atoms. The number of anilines is 4. The number of hydrogen-bond donors (Lipinski definition) is 4. The number of carboxylic acid groups (broad SMARTS) is 4. The van der Waals surface area contributed by atoms with Crippen molar-refractivity contribution in [3.8, 4) is 0 Å². The van der Waals surface area contributed by atoms with Gasteiger partial charge < -0.3 is 62.5 Å². The number of aromatic nitrogens is 4. The second-order valence-corrected chi connectivity index (χ2v) is 21.3. The quantitative estimate of drug-likeness (QED) is 0.0383. The van der Waals surface area contributed by atoms with Crippen molar-refractivity contribution in [2.24, 2.45) is 0 Å². The molecule has 0 amide bonds. The number of rotatable bonds is 22. The van der Waals surface area contributed by atoms with Crippen molar-refractivity contribution in [2.45, 2.75) is 184 Å². The number of carbonyl (C=O) groups excluding carboxylic acids is 4. The van der Waals surface area contributed by atoms with Crippen LogP contribution in [0.1, 0.15) is 153 Å². The fourth-order valence-electron chi connectivity index (χ4n) is 10.5. The molecule has 0 saturated carbocycles. The topological polar surface area (TPSA) is 280 Å². The minimum absolute atomic E-state index is 0.877. The number of nitrogens with two attached hydrogens (primary N) is 4. The first-order chi connectivity index (χ1) is 40.0. The monoisotopic (exact) mass is 1150 g/mol. The summed E-state index contributed by atoms with van der Waals surface area (Å²) in [4.78, 5) is 35.6. The number of aliphatic carboxylic acids is 4. The van der Waals surface area contributed by atoms with E-state index in [4.69, 9.17) is 62.5 Å². The lowest BCUT2D eigenvalue weighted by Crippen LogP contribution is -2.38. The molecule has 0 saturated heterocycles. The van der Waals surface area contributed by atoms with Gasteiger partial charge in [0, 0.05) is 126 Å². The van der Waals surface area contributed by atoms with Crippen LogP contribution in [0.15, 0.2) is 121 Å². The predicted octanol–water partition coefficient (Wildman–Crippen LogP) is 7.37. The first-order valence-electron chi connectivity index (χ1n) is 29.5. The highest BCUT2D eigenvalue weighted by Gasteiger charge is 2.18. The zero-order valence-corrected chi connectivity index (χ0v) is 51.1. The minimum Gasteiger partial charge on any atom is -0.550 e. The molecule has 0 aliphatic heterocycles. The number of nitrogen functional groups attached to an aromatic ring is 4. The Hall–Kier alpha value is -8.40. The Balaban J connectivity index is 0.000000350. The third-order valence-corrected chi connectivity index (χ3v) is 14.2. The average Bonchev–Trinajstić information content (AvgIpc) is 3.64. The third-order valence-electron chi connectivity index (χ3n) is 14.2. The standard InChI is InChI=1S/2C30H38N4.4C2H4O2/c2*1-23-21-27(31)25-15-9-11-17-29(25)33(23)19-13-7-5-3-4-6-8-14-20-34-24(2)22-28(32)26-16-10-12-18-30(26)34;4*1-2(3)4/h2*9-12,15-18,21-22,31-32H,3-8,13-14,19-20H2,1-2H3;4*1H3,(H,3,4). The van der Waals surface area contributed by atoms with Crippen molar-refractivity contribution in [3.63, 3.8) is 0 Å². The van der Waals surface area contributed by atoms with Gasteiger partial charge in [-0.2, -0.15) is 18.3 Å². The largest absolute Gasteiger partial charge is 0.550 e. The summed E-state index contributed by atoms with van der Waals surface area (Å²) in [6.45, 7) is 16.8. The lowest BCUT2D eigenvalue weighted by Gasteiger charge is -2.08. The van der Waals surface area contributed by atoms with Crippen molar-refractivity contribution < 1.29 is 57.9 Å². The normalized spacial score (nSPS) is 10.5. The number of carboxylic acids is 4. The van der Waals surface area contributed by atoms with Gasteiger partial charge in [-0.15, -0.1) is 0 Å². The number of fused-ring (bicyclic) bond motifs is 4. The van der Waals surface area contributed by atoms with E-state index in [1.807, 2.05) is 0 Å². The summed E-state index contributed by atoms with van der Waals surface area (Å²) >= 11 is 0. The maximum atomic E-state index is 8.89. The Morgan fingerprint density at radius 1 is 0.298 bits per heavy atom. The molecule has 0 radical (unpaired) electrons. The van der Waals surface area contributed by atoms with Crippen molar-refractivity contribution in [3.05, 3.63) is 144 Å². The molecule has 0 fully saturated rings. The Labute approximate surface area is 497 Å². The highest BCUT2D eigenvalue weighted by molar-refractivity contribution is 5.90. The molecule has 84 heavy (non-hydrogen) atoms. The van der Waals surface area contributed by atoms with Gasteiger partial charge in [-0.25, -0.2) is 0 Å². The molecule has 4 aromatic carbocycles. The maximum absolute atomic E-state index is 8.89. The summed E-state index contributed by atoms with van der Waals surface area (Å²) in [6.07, 6.45) is 20.7. The van der Waals surface area contributed by atoms with Gasteiger partial charge in [-0.1, -0.05) is 99.9 Å². The van der Waals surface area contributed by atoms with Crippen LogP contribution in [-0.4, -0.2) is 23.9 Å². The Bertz CT molecular complexity index is 2920. The molecule has 8 aromatic rings. The number of benzene rings is 4. The first kappa shape index (κ1) is 69.9. The van der Waals surface area contributed by atoms with Gasteiger partial charge in [0.2, 0.25) is 22.1 Å². The zero-order chi connectivity index (χ0) is 62.1. The van der Waals surface area contributed by atoms with Crippen molar-refractivity contribution in [2.75, 3.05) is 22.9 Å². The van der Waals surface area contributed by atoms with Crippen molar-refractivity contribution in [1.29, 1.82) is 0 Å². The van der Waals surface area contributed by atoms with Crippen LogP contribution in [0.5, 0.6) is 0 Å². The minimum atomic E-state index is -1.08. The van der Waals surface area contributed by atoms with Crippen LogP contribution in [0.25, 0.3) is 43.6 Å². The molecular weight excluding hydrogens is 1060 g/mol. The molecule has 16 nitrogen and oxygen atoms in total. The van der Waals surface area contributed by atoms with Gasteiger partial charge >= 0.3 is 0 Å². The molecule has 16 heteroatoms. The molecule has 8 rings (SSSR count). The van der Waals surface area contributed by atoms with E-state index in [1.165, 1.54) is 148 Å². The number of nitrogens with zero attached hydrogens (tertiary/aromatic N) is 4. The number of unbranched alkanes of at least 4 members (excludes halogenated alkanes) is 14. The average molecular weight is 1150 g/mol. The van der Waals surface area contributed by atoms with Crippen LogP contribution in [0.3, 0.4) is 0 Å². The van der Waals surface area contributed by atoms with E-state index < -0.39 is 23.9 Å². The number of para-hydroxylation sites is 4. The van der Waals surface area contributed by atoms with Gasteiger partial charge in [0.05, 0.1) is 44.3 Å². The van der Waals surface area contributed by atoms with Crippen molar-refractivity contribution in [1.82, 2.24) is 0 Å². The smallest absolute Gasteiger partial charge is 0.214 e. The van der Waals surface area contributed by atoms with E-state index >= 15 is 0 Å². The summed E-state index contributed by atoms with van der Waals surface area (Å²) < 4.78 is 9.69. The van der Waals surface area contributed by atoms with E-state index in [2.05, 4.69) is 167 Å². The third kappa shape index (κ3) is 24.6. The van der Waals surface area contributed by atoms with Gasteiger partial charge in [-0.05, 0) is 77.6 Å². The molecule has 0 spiro atoms. The molecule has 0 aliphatic carbocycles. The maximum Gasteiger partial charge on any atom is 0.214 e. The summed E-state index contributed by atoms with van der Waals surface area (Å²) in [5.74, 6) is -4.33. The van der Waals surface area contributed by atoms with E-state index in [0.717, 1.165) is 98.2 Å². The number of hydrogen-bond acceptors (Lipinski definition) is 12. The molecule has 452 valence electrons. The second kappa shape index (κ2) is 37.7. The van der Waals surface area contributed by atoms with Gasteiger partial charge in [0.15, 0.2) is 22.8 Å².